The van der Waals surface area contributed by atoms with E-state index in [9.17, 15) is 0 Å². The van der Waals surface area contributed by atoms with Gasteiger partial charge in [0.25, 0.3) is 0 Å². The number of nitrogens with zero attached hydrogens (tertiary/aromatic N) is 1. The van der Waals surface area contributed by atoms with Crippen LogP contribution in [0.4, 0.5) is 0 Å². The molecule has 0 fully saturated rings. The molecule has 2 aromatic carbocycles. The number of para-hydroxylation sites is 1. The second kappa shape index (κ2) is 5.68. The van der Waals surface area contributed by atoms with Crippen molar-refractivity contribution in [3.05, 3.63) is 60.1 Å². The number of thiol groups is 1. The lowest BCUT2D eigenvalue weighted by Crippen LogP contribution is -1.68. The summed E-state index contributed by atoms with van der Waals surface area (Å²) in [6.07, 6.45) is 0. The van der Waals surface area contributed by atoms with Gasteiger partial charge >= 0.3 is 0 Å². The Morgan fingerprint density at radius 3 is 2.06 bits per heavy atom. The number of rotatable bonds is 0. The smallest absolute Gasteiger partial charge is 0.0945 e. The van der Waals surface area contributed by atoms with Crippen molar-refractivity contribution in [2.75, 3.05) is 0 Å². The second-order valence-electron chi connectivity index (χ2n) is 3.13. The van der Waals surface area contributed by atoms with Gasteiger partial charge < -0.3 is 0 Å². The van der Waals surface area contributed by atoms with E-state index >= 15 is 0 Å². The van der Waals surface area contributed by atoms with E-state index in [1.165, 1.54) is 4.70 Å². The summed E-state index contributed by atoms with van der Waals surface area (Å²) in [5, 5.41) is 0. The third-order valence-electron chi connectivity index (χ3n) is 2.01. The number of thiazole rings is 1. The molecular formula is C13H11NS2. The molecule has 0 atom stereocenters. The third kappa shape index (κ3) is 2.84. The molecule has 0 spiro atoms. The van der Waals surface area contributed by atoms with Gasteiger partial charge in [0, 0.05) is 4.90 Å². The van der Waals surface area contributed by atoms with Crippen molar-refractivity contribution in [2.24, 2.45) is 0 Å². The highest BCUT2D eigenvalue weighted by Gasteiger charge is 1.97. The first-order valence-corrected chi connectivity index (χ1v) is 6.22. The van der Waals surface area contributed by atoms with Crippen LogP contribution < -0.4 is 0 Å². The molecule has 0 aliphatic heterocycles. The molecule has 3 aromatic rings. The lowest BCUT2D eigenvalue weighted by molar-refractivity contribution is 1.42. The molecule has 3 rings (SSSR count). The molecule has 1 heterocycles. The summed E-state index contributed by atoms with van der Waals surface area (Å²) in [4.78, 5) is 5.12. The zero-order chi connectivity index (χ0) is 11.2. The van der Waals surface area contributed by atoms with E-state index < -0.39 is 0 Å². The zero-order valence-corrected chi connectivity index (χ0v) is 10.3. The minimum absolute atomic E-state index is 0.957. The second-order valence-corrected chi connectivity index (χ2v) is 4.50. The topological polar surface area (TPSA) is 12.9 Å². The first-order valence-electron chi connectivity index (χ1n) is 4.89. The van der Waals surface area contributed by atoms with Gasteiger partial charge in [-0.3, -0.25) is 0 Å². The van der Waals surface area contributed by atoms with Gasteiger partial charge in [-0.25, -0.2) is 4.98 Å². The highest BCUT2D eigenvalue weighted by molar-refractivity contribution is 7.80. The Kier molecular flexibility index (Phi) is 3.97. The van der Waals surface area contributed by atoms with Crippen molar-refractivity contribution in [3.63, 3.8) is 0 Å². The summed E-state index contributed by atoms with van der Waals surface area (Å²) >= 11 is 5.90. The molecule has 80 valence electrons. The van der Waals surface area contributed by atoms with Crippen LogP contribution in [-0.4, -0.2) is 4.98 Å². The van der Waals surface area contributed by atoms with Crippen LogP contribution in [0, 0.1) is 0 Å². The maximum atomic E-state index is 4.26. The fraction of sp³-hybridized carbons (Fsp3) is 0. The first kappa shape index (κ1) is 11.2. The van der Waals surface area contributed by atoms with Crippen LogP contribution in [0.2, 0.25) is 0 Å². The van der Waals surface area contributed by atoms with E-state index in [0.29, 0.717) is 0 Å². The molecule has 0 aliphatic rings. The standard InChI is InChI=1S/C7H5NS2.C6H6/c9-5-2-1-3-6-7(5)8-4-10-6;1-2-4-6-5-3-1/h1-4,9H;1-6H. The molecular weight excluding hydrogens is 234 g/mol. The zero-order valence-electron chi connectivity index (χ0n) is 8.58. The van der Waals surface area contributed by atoms with Crippen molar-refractivity contribution in [1.29, 1.82) is 0 Å². The van der Waals surface area contributed by atoms with E-state index in [2.05, 4.69) is 17.6 Å². The number of fused-ring (bicyclic) bond motifs is 1. The molecule has 1 nitrogen and oxygen atoms in total. The maximum Gasteiger partial charge on any atom is 0.0945 e. The third-order valence-corrected chi connectivity index (χ3v) is 3.16. The van der Waals surface area contributed by atoms with Crippen molar-refractivity contribution in [1.82, 2.24) is 4.98 Å². The molecule has 0 aliphatic carbocycles. The highest BCUT2D eigenvalue weighted by atomic mass is 32.1. The van der Waals surface area contributed by atoms with E-state index in [1.807, 2.05) is 60.1 Å². The molecule has 0 unspecified atom stereocenters. The van der Waals surface area contributed by atoms with Gasteiger partial charge in [-0.2, -0.15) is 0 Å². The molecule has 3 heteroatoms. The largest absolute Gasteiger partial charge is 0.243 e. The minimum Gasteiger partial charge on any atom is -0.243 e. The van der Waals surface area contributed by atoms with Gasteiger partial charge in [0.15, 0.2) is 0 Å². The quantitative estimate of drug-likeness (QED) is 0.584. The molecule has 0 amide bonds. The monoisotopic (exact) mass is 245 g/mol. The summed E-state index contributed by atoms with van der Waals surface area (Å²) in [7, 11) is 0. The Labute approximate surface area is 104 Å². The van der Waals surface area contributed by atoms with Crippen LogP contribution in [0.25, 0.3) is 10.2 Å². The average Bonchev–Trinajstić information content (AvgIpc) is 2.82. The summed E-state index contributed by atoms with van der Waals surface area (Å²) in [5.74, 6) is 0. The van der Waals surface area contributed by atoms with Crippen molar-refractivity contribution in [3.8, 4) is 0 Å². The van der Waals surface area contributed by atoms with Gasteiger partial charge in [-0.15, -0.1) is 24.0 Å². The van der Waals surface area contributed by atoms with Crippen LogP contribution in [0.15, 0.2) is 65.0 Å². The average molecular weight is 245 g/mol. The Hall–Kier alpha value is -1.32. The molecule has 0 N–H and O–H groups in total. The lowest BCUT2D eigenvalue weighted by Gasteiger charge is -1.89. The molecule has 0 saturated carbocycles. The van der Waals surface area contributed by atoms with Crippen molar-refractivity contribution in [2.45, 2.75) is 4.90 Å². The Morgan fingerprint density at radius 2 is 1.50 bits per heavy atom. The van der Waals surface area contributed by atoms with E-state index in [-0.39, 0.29) is 0 Å². The van der Waals surface area contributed by atoms with Gasteiger partial charge in [0.05, 0.1) is 15.7 Å². The normalized spacial score (nSPS) is 9.56. The Morgan fingerprint density at radius 1 is 0.875 bits per heavy atom. The summed E-state index contributed by atoms with van der Waals surface area (Å²) in [6.45, 7) is 0. The summed E-state index contributed by atoms with van der Waals surface area (Å²) in [5.41, 5.74) is 2.85. The number of benzene rings is 2. The minimum atomic E-state index is 0.957. The van der Waals surface area contributed by atoms with Crippen LogP contribution in [0.3, 0.4) is 0 Å². The molecule has 1 aromatic heterocycles. The lowest BCUT2D eigenvalue weighted by atomic mass is 10.3. The first-order chi connectivity index (χ1) is 7.88. The van der Waals surface area contributed by atoms with Crippen molar-refractivity contribution < 1.29 is 0 Å². The molecule has 0 saturated heterocycles. The highest BCUT2D eigenvalue weighted by Crippen LogP contribution is 2.22. The van der Waals surface area contributed by atoms with Crippen LogP contribution in [0.1, 0.15) is 0 Å². The molecule has 0 radical (unpaired) electrons. The van der Waals surface area contributed by atoms with Gasteiger partial charge in [-0.1, -0.05) is 42.5 Å². The van der Waals surface area contributed by atoms with Gasteiger partial charge in [-0.05, 0) is 12.1 Å². The fourth-order valence-electron chi connectivity index (χ4n) is 1.26. The summed E-state index contributed by atoms with van der Waals surface area (Å²) < 4.78 is 1.20. The summed E-state index contributed by atoms with van der Waals surface area (Å²) in [6, 6.07) is 18.0. The number of hydrogen-bond acceptors (Lipinski definition) is 3. The van der Waals surface area contributed by atoms with Gasteiger partial charge in [0.2, 0.25) is 0 Å². The van der Waals surface area contributed by atoms with E-state index in [0.717, 1.165) is 10.4 Å². The van der Waals surface area contributed by atoms with E-state index in [1.54, 1.807) is 11.3 Å². The van der Waals surface area contributed by atoms with E-state index in [4.69, 9.17) is 0 Å². The number of hydrogen-bond donors (Lipinski definition) is 1. The fourth-order valence-corrected chi connectivity index (χ4v) is 2.30. The van der Waals surface area contributed by atoms with Gasteiger partial charge in [0.1, 0.15) is 0 Å². The number of aromatic nitrogens is 1. The van der Waals surface area contributed by atoms with Crippen LogP contribution >= 0.6 is 24.0 Å². The van der Waals surface area contributed by atoms with Crippen molar-refractivity contribution >= 4 is 34.2 Å². The maximum absolute atomic E-state index is 4.26. The SMILES string of the molecule is Sc1cccc2scnc12.c1ccccc1. The van der Waals surface area contributed by atoms with Crippen LogP contribution in [-0.2, 0) is 0 Å². The predicted octanol–water partition coefficient (Wildman–Crippen LogP) is 4.27. The Balaban J connectivity index is 0.000000138. The molecule has 16 heavy (non-hydrogen) atoms. The Bertz CT molecular complexity index is 519. The predicted molar refractivity (Wildman–Crippen MR) is 73.3 cm³/mol. The van der Waals surface area contributed by atoms with Crippen LogP contribution in [0.5, 0.6) is 0 Å². The molecule has 0 bridgehead atoms.